The Morgan fingerprint density at radius 2 is 1.77 bits per heavy atom. The summed E-state index contributed by atoms with van der Waals surface area (Å²) in [5, 5.41) is 21.9. The number of benzene rings is 3. The molecule has 0 aliphatic heterocycles. The van der Waals surface area contributed by atoms with Gasteiger partial charge in [-0.3, -0.25) is 4.79 Å². The number of aliphatic carboxylic acids is 1. The lowest BCUT2D eigenvalue weighted by Crippen LogP contribution is -2.32. The predicted molar refractivity (Wildman–Crippen MR) is 141 cm³/mol. The van der Waals surface area contributed by atoms with E-state index in [9.17, 15) is 15.0 Å². The summed E-state index contributed by atoms with van der Waals surface area (Å²) in [7, 11) is 0. The first-order valence-corrected chi connectivity index (χ1v) is 13.5. The molecule has 0 amide bonds. The van der Waals surface area contributed by atoms with Crippen molar-refractivity contribution in [3.8, 4) is 0 Å². The Hall–Kier alpha value is -2.31. The summed E-state index contributed by atoms with van der Waals surface area (Å²) in [6.45, 7) is 0. The third kappa shape index (κ3) is 6.68. The number of aliphatic hydroxyl groups is 1. The molecule has 3 aromatic rings. The molecule has 0 radical (unpaired) electrons. The second-order valence-electron chi connectivity index (χ2n) is 9.28. The summed E-state index contributed by atoms with van der Waals surface area (Å²) >= 11 is 7.88. The van der Waals surface area contributed by atoms with Crippen molar-refractivity contribution < 1.29 is 19.7 Å². The van der Waals surface area contributed by atoms with Gasteiger partial charge in [0.1, 0.15) is 0 Å². The highest BCUT2D eigenvalue weighted by Gasteiger charge is 2.42. The molecular weight excluding hydrogens is 480 g/mol. The topological polar surface area (TPSA) is 66.8 Å². The monoisotopic (exact) mass is 510 g/mol. The number of thioether (sulfide) groups is 1. The standard InChI is InChI=1S/C29H31ClO4S/c1-35-27-13-12-23(18-25(27)30)24(28(31)32)16-21-14-15-29(33,19-21)34-26(22-10-6-3-7-11-22)17-20-8-4-2-5-9-20/h2-13,18,21,24,26,33H,14-17,19H2,1H3,(H,31,32). The van der Waals surface area contributed by atoms with Gasteiger partial charge in [0.05, 0.1) is 17.0 Å². The van der Waals surface area contributed by atoms with E-state index >= 15 is 0 Å². The Bertz CT molecular complexity index is 1120. The van der Waals surface area contributed by atoms with Gasteiger partial charge in [-0.2, -0.15) is 0 Å². The second-order valence-corrected chi connectivity index (χ2v) is 10.5. The van der Waals surface area contributed by atoms with Crippen LogP contribution in [0.15, 0.2) is 83.8 Å². The molecule has 1 saturated carbocycles. The van der Waals surface area contributed by atoms with Crippen LogP contribution in [0.25, 0.3) is 0 Å². The highest BCUT2D eigenvalue weighted by molar-refractivity contribution is 7.98. The Kier molecular flexibility index (Phi) is 8.55. The Balaban J connectivity index is 1.47. The van der Waals surface area contributed by atoms with E-state index in [0.717, 1.165) is 16.0 Å². The van der Waals surface area contributed by atoms with Crippen LogP contribution in [-0.4, -0.2) is 28.2 Å². The zero-order valence-corrected chi connectivity index (χ0v) is 21.3. The molecule has 6 heteroatoms. The molecule has 0 spiro atoms. The molecule has 2 N–H and O–H groups in total. The minimum Gasteiger partial charge on any atom is -0.481 e. The van der Waals surface area contributed by atoms with Crippen molar-refractivity contribution in [2.24, 2.45) is 5.92 Å². The van der Waals surface area contributed by atoms with Crippen LogP contribution >= 0.6 is 23.4 Å². The molecule has 4 rings (SSSR count). The molecule has 4 atom stereocenters. The normalized spacial score (nSPS) is 21.5. The molecule has 0 aromatic heterocycles. The van der Waals surface area contributed by atoms with Crippen molar-refractivity contribution in [3.05, 3.63) is 101 Å². The minimum atomic E-state index is -1.29. The molecule has 3 aromatic carbocycles. The van der Waals surface area contributed by atoms with Gasteiger partial charge < -0.3 is 14.9 Å². The lowest BCUT2D eigenvalue weighted by atomic mass is 9.88. The maximum atomic E-state index is 12.1. The summed E-state index contributed by atoms with van der Waals surface area (Å²) in [5.74, 6) is -2.80. The van der Waals surface area contributed by atoms with Crippen LogP contribution in [0.2, 0.25) is 5.02 Å². The van der Waals surface area contributed by atoms with E-state index in [4.69, 9.17) is 16.3 Å². The molecule has 4 unspecified atom stereocenters. The van der Waals surface area contributed by atoms with E-state index in [-0.39, 0.29) is 12.0 Å². The van der Waals surface area contributed by atoms with E-state index in [1.54, 1.807) is 6.07 Å². The van der Waals surface area contributed by atoms with Crippen LogP contribution in [-0.2, 0) is 16.0 Å². The van der Waals surface area contributed by atoms with E-state index in [1.165, 1.54) is 11.8 Å². The van der Waals surface area contributed by atoms with Crippen molar-refractivity contribution in [1.82, 2.24) is 0 Å². The molecule has 184 valence electrons. The van der Waals surface area contributed by atoms with Crippen molar-refractivity contribution in [2.75, 3.05) is 6.26 Å². The SMILES string of the molecule is CSc1ccc(C(CC2CCC(O)(OC(Cc3ccccc3)c3ccccc3)C2)C(=O)O)cc1Cl. The van der Waals surface area contributed by atoms with E-state index < -0.39 is 17.7 Å². The molecule has 1 aliphatic carbocycles. The van der Waals surface area contributed by atoms with Crippen molar-refractivity contribution in [3.63, 3.8) is 0 Å². The summed E-state index contributed by atoms with van der Waals surface area (Å²) < 4.78 is 6.40. The van der Waals surface area contributed by atoms with Crippen LogP contribution in [0.5, 0.6) is 0 Å². The van der Waals surface area contributed by atoms with Crippen molar-refractivity contribution >= 4 is 29.3 Å². The van der Waals surface area contributed by atoms with E-state index in [0.29, 0.717) is 42.7 Å². The molecule has 0 heterocycles. The molecule has 0 saturated heterocycles. The Labute approximate surface area is 216 Å². The second kappa shape index (κ2) is 11.6. The molecule has 0 bridgehead atoms. The summed E-state index contributed by atoms with van der Waals surface area (Å²) in [5.41, 5.74) is 2.85. The highest BCUT2D eigenvalue weighted by atomic mass is 35.5. The number of carboxylic acids is 1. The maximum absolute atomic E-state index is 12.1. The van der Waals surface area contributed by atoms with Gasteiger partial charge in [0, 0.05) is 24.2 Å². The van der Waals surface area contributed by atoms with E-state index in [1.807, 2.05) is 66.9 Å². The van der Waals surface area contributed by atoms with Gasteiger partial charge >= 0.3 is 5.97 Å². The number of halogens is 1. The van der Waals surface area contributed by atoms with Crippen LogP contribution in [0, 0.1) is 5.92 Å². The van der Waals surface area contributed by atoms with Gasteiger partial charge in [0.2, 0.25) is 0 Å². The number of hydrogen-bond donors (Lipinski definition) is 2. The average Bonchev–Trinajstić information content (AvgIpc) is 3.23. The van der Waals surface area contributed by atoms with Crippen LogP contribution < -0.4 is 0 Å². The molecular formula is C29H31ClO4S. The fourth-order valence-electron chi connectivity index (χ4n) is 4.99. The first-order chi connectivity index (χ1) is 16.9. The van der Waals surface area contributed by atoms with Gasteiger partial charge in [-0.15, -0.1) is 11.8 Å². The van der Waals surface area contributed by atoms with E-state index in [2.05, 4.69) is 12.1 Å². The third-order valence-electron chi connectivity index (χ3n) is 6.79. The number of hydrogen-bond acceptors (Lipinski definition) is 4. The molecule has 35 heavy (non-hydrogen) atoms. The largest absolute Gasteiger partial charge is 0.481 e. The van der Waals surface area contributed by atoms with Crippen LogP contribution in [0.3, 0.4) is 0 Å². The van der Waals surface area contributed by atoms with Crippen LogP contribution in [0.1, 0.15) is 54.4 Å². The summed E-state index contributed by atoms with van der Waals surface area (Å²) in [4.78, 5) is 13.1. The molecule has 4 nitrogen and oxygen atoms in total. The smallest absolute Gasteiger partial charge is 0.310 e. The minimum absolute atomic E-state index is 0.0354. The fourth-order valence-corrected chi connectivity index (χ4v) is 5.87. The summed E-state index contributed by atoms with van der Waals surface area (Å²) in [6, 6.07) is 25.5. The van der Waals surface area contributed by atoms with Crippen LogP contribution in [0.4, 0.5) is 0 Å². The fraction of sp³-hybridized carbons (Fsp3) is 0.345. The van der Waals surface area contributed by atoms with Crippen molar-refractivity contribution in [2.45, 2.75) is 54.8 Å². The van der Waals surface area contributed by atoms with Crippen molar-refractivity contribution in [1.29, 1.82) is 0 Å². The number of carbonyl (C=O) groups is 1. The lowest BCUT2D eigenvalue weighted by molar-refractivity contribution is -0.229. The maximum Gasteiger partial charge on any atom is 0.310 e. The average molecular weight is 511 g/mol. The Morgan fingerprint density at radius 1 is 1.09 bits per heavy atom. The molecule has 1 aliphatic rings. The third-order valence-corrected chi connectivity index (χ3v) is 8.01. The highest BCUT2D eigenvalue weighted by Crippen LogP contribution is 2.44. The predicted octanol–water partition coefficient (Wildman–Crippen LogP) is 7.11. The van der Waals surface area contributed by atoms with Gasteiger partial charge in [-0.1, -0.05) is 78.3 Å². The first kappa shape index (κ1) is 25.8. The number of rotatable bonds is 10. The Morgan fingerprint density at radius 3 is 2.40 bits per heavy atom. The first-order valence-electron chi connectivity index (χ1n) is 11.9. The van der Waals surface area contributed by atoms with Gasteiger partial charge in [0.15, 0.2) is 5.79 Å². The van der Waals surface area contributed by atoms with Gasteiger partial charge in [0.25, 0.3) is 0 Å². The number of carboxylic acid groups (broad SMARTS) is 1. The lowest BCUT2D eigenvalue weighted by Gasteiger charge is -2.30. The zero-order valence-electron chi connectivity index (χ0n) is 19.8. The zero-order chi connectivity index (χ0) is 24.8. The quantitative estimate of drug-likeness (QED) is 0.225. The van der Waals surface area contributed by atoms with Gasteiger partial charge in [-0.25, -0.2) is 0 Å². The summed E-state index contributed by atoms with van der Waals surface area (Å²) in [6.07, 6.45) is 4.33. The number of ether oxygens (including phenoxy) is 1. The molecule has 1 fully saturated rings. The van der Waals surface area contributed by atoms with Gasteiger partial charge in [-0.05, 0) is 53.8 Å².